The fourth-order valence-corrected chi connectivity index (χ4v) is 3.03. The number of esters is 1. The summed E-state index contributed by atoms with van der Waals surface area (Å²) in [5, 5.41) is 2.81. The van der Waals surface area contributed by atoms with Crippen LogP contribution in [0.15, 0.2) is 18.2 Å². The first-order chi connectivity index (χ1) is 10.6. The largest absolute Gasteiger partial charge is 0.456 e. The second-order valence-corrected chi connectivity index (χ2v) is 6.16. The van der Waals surface area contributed by atoms with Crippen LogP contribution in [-0.4, -0.2) is 18.5 Å². The van der Waals surface area contributed by atoms with Gasteiger partial charge < -0.3 is 10.1 Å². The van der Waals surface area contributed by atoms with E-state index in [1.54, 1.807) is 0 Å². The minimum Gasteiger partial charge on any atom is -0.456 e. The first-order valence-electron chi connectivity index (χ1n) is 8.08. The highest BCUT2D eigenvalue weighted by molar-refractivity contribution is 5.94. The predicted octanol–water partition coefficient (Wildman–Crippen LogP) is 3.76. The van der Waals surface area contributed by atoms with Crippen molar-refractivity contribution in [3.8, 4) is 0 Å². The normalized spacial score (nSPS) is 14.8. The van der Waals surface area contributed by atoms with Gasteiger partial charge in [-0.15, -0.1) is 0 Å². The van der Waals surface area contributed by atoms with E-state index in [1.165, 1.54) is 25.7 Å². The maximum atomic E-state index is 11.9. The Labute approximate surface area is 132 Å². The molecule has 2 rings (SSSR count). The second kappa shape index (κ2) is 7.97. The van der Waals surface area contributed by atoms with Crippen LogP contribution in [-0.2, 0) is 14.3 Å². The van der Waals surface area contributed by atoms with Gasteiger partial charge in [-0.3, -0.25) is 9.59 Å². The van der Waals surface area contributed by atoms with E-state index in [-0.39, 0.29) is 18.5 Å². The predicted molar refractivity (Wildman–Crippen MR) is 86.7 cm³/mol. The molecule has 0 heterocycles. The van der Waals surface area contributed by atoms with Gasteiger partial charge in [-0.2, -0.15) is 0 Å². The van der Waals surface area contributed by atoms with Crippen molar-refractivity contribution in [2.75, 3.05) is 11.9 Å². The van der Waals surface area contributed by atoms with Crippen LogP contribution in [0.25, 0.3) is 0 Å². The lowest BCUT2D eigenvalue weighted by molar-refractivity contribution is -0.147. The lowest BCUT2D eigenvalue weighted by Crippen LogP contribution is -2.22. The summed E-state index contributed by atoms with van der Waals surface area (Å²) in [5.41, 5.74) is 2.80. The summed E-state index contributed by atoms with van der Waals surface area (Å²) < 4.78 is 5.06. The summed E-state index contributed by atoms with van der Waals surface area (Å²) in [5.74, 6) is 0.103. The molecule has 0 radical (unpaired) electrons. The van der Waals surface area contributed by atoms with Crippen molar-refractivity contribution < 1.29 is 14.3 Å². The maximum Gasteiger partial charge on any atom is 0.306 e. The lowest BCUT2D eigenvalue weighted by atomic mass is 10.0. The summed E-state index contributed by atoms with van der Waals surface area (Å²) in [6.45, 7) is 3.67. The molecule has 1 N–H and O–H groups in total. The van der Waals surface area contributed by atoms with E-state index in [4.69, 9.17) is 4.74 Å². The van der Waals surface area contributed by atoms with Gasteiger partial charge in [0.15, 0.2) is 6.61 Å². The highest BCUT2D eigenvalue weighted by Gasteiger charge is 2.17. The molecule has 0 spiro atoms. The fourth-order valence-electron chi connectivity index (χ4n) is 3.03. The molecule has 0 saturated heterocycles. The van der Waals surface area contributed by atoms with E-state index >= 15 is 0 Å². The summed E-state index contributed by atoms with van der Waals surface area (Å²) in [4.78, 5) is 23.6. The van der Waals surface area contributed by atoms with Gasteiger partial charge in [0.05, 0.1) is 0 Å². The SMILES string of the molecule is Cc1cccc(C)c1NC(=O)COC(=O)CCC1CCCC1. The number of para-hydroxylation sites is 1. The number of ether oxygens (including phenoxy) is 1. The van der Waals surface area contributed by atoms with Crippen molar-refractivity contribution in [2.24, 2.45) is 5.92 Å². The van der Waals surface area contributed by atoms with Crippen molar-refractivity contribution in [3.05, 3.63) is 29.3 Å². The van der Waals surface area contributed by atoms with E-state index in [0.29, 0.717) is 12.3 Å². The first kappa shape index (κ1) is 16.5. The minimum absolute atomic E-state index is 0.211. The van der Waals surface area contributed by atoms with E-state index in [2.05, 4.69) is 5.32 Å². The van der Waals surface area contributed by atoms with E-state index in [9.17, 15) is 9.59 Å². The quantitative estimate of drug-likeness (QED) is 0.814. The van der Waals surface area contributed by atoms with E-state index in [0.717, 1.165) is 23.2 Å². The molecule has 1 aliphatic rings. The van der Waals surface area contributed by atoms with E-state index < -0.39 is 0 Å². The third kappa shape index (κ3) is 4.86. The van der Waals surface area contributed by atoms with Crippen LogP contribution < -0.4 is 5.32 Å². The number of carbonyl (C=O) groups is 2. The number of benzene rings is 1. The van der Waals surface area contributed by atoms with Crippen LogP contribution in [0.3, 0.4) is 0 Å². The molecule has 0 unspecified atom stereocenters. The van der Waals surface area contributed by atoms with Crippen LogP contribution in [0.4, 0.5) is 5.69 Å². The Bertz CT molecular complexity index is 513. The number of carbonyl (C=O) groups excluding carboxylic acids is 2. The zero-order chi connectivity index (χ0) is 15.9. The van der Waals surface area contributed by atoms with Crippen molar-refractivity contribution in [1.29, 1.82) is 0 Å². The molecule has 1 saturated carbocycles. The minimum atomic E-state index is -0.286. The van der Waals surface area contributed by atoms with Crippen LogP contribution in [0.1, 0.15) is 49.7 Å². The van der Waals surface area contributed by atoms with Gasteiger partial charge in [-0.1, -0.05) is 43.9 Å². The molecule has 0 aromatic heterocycles. The summed E-state index contributed by atoms with van der Waals surface area (Å²) >= 11 is 0. The van der Waals surface area contributed by atoms with Gasteiger partial charge in [0.1, 0.15) is 0 Å². The summed E-state index contributed by atoms with van der Waals surface area (Å²) in [6.07, 6.45) is 6.30. The number of nitrogens with one attached hydrogen (secondary N) is 1. The Morgan fingerprint density at radius 1 is 1.18 bits per heavy atom. The molecule has 22 heavy (non-hydrogen) atoms. The first-order valence-corrected chi connectivity index (χ1v) is 8.08. The topological polar surface area (TPSA) is 55.4 Å². The number of hydrogen-bond acceptors (Lipinski definition) is 3. The Morgan fingerprint density at radius 2 is 1.82 bits per heavy atom. The molecule has 0 bridgehead atoms. The maximum absolute atomic E-state index is 11.9. The molecular weight excluding hydrogens is 278 g/mol. The molecule has 1 aliphatic carbocycles. The van der Waals surface area contributed by atoms with Crippen molar-refractivity contribution in [2.45, 2.75) is 52.4 Å². The zero-order valence-electron chi connectivity index (χ0n) is 13.5. The molecule has 0 aliphatic heterocycles. The Kier molecular flexibility index (Phi) is 5.99. The highest BCUT2D eigenvalue weighted by atomic mass is 16.5. The number of amides is 1. The molecule has 4 heteroatoms. The van der Waals surface area contributed by atoms with Crippen molar-refractivity contribution >= 4 is 17.6 Å². The molecule has 120 valence electrons. The van der Waals surface area contributed by atoms with Gasteiger partial charge >= 0.3 is 5.97 Å². The number of hydrogen-bond donors (Lipinski definition) is 1. The fraction of sp³-hybridized carbons (Fsp3) is 0.556. The average Bonchev–Trinajstić information content (AvgIpc) is 3.00. The Hall–Kier alpha value is -1.84. The standard InChI is InChI=1S/C18H25NO3/c1-13-6-5-7-14(2)18(13)19-16(20)12-22-17(21)11-10-15-8-3-4-9-15/h5-7,15H,3-4,8-12H2,1-2H3,(H,19,20). The van der Waals surface area contributed by atoms with Crippen molar-refractivity contribution in [1.82, 2.24) is 0 Å². The highest BCUT2D eigenvalue weighted by Crippen LogP contribution is 2.28. The van der Waals surface area contributed by atoms with Gasteiger partial charge in [0, 0.05) is 12.1 Å². The molecule has 4 nitrogen and oxygen atoms in total. The third-order valence-corrected chi connectivity index (χ3v) is 4.34. The summed E-state index contributed by atoms with van der Waals surface area (Å²) in [6, 6.07) is 5.83. The van der Waals surface area contributed by atoms with Crippen LogP contribution in [0.2, 0.25) is 0 Å². The zero-order valence-corrected chi connectivity index (χ0v) is 13.5. The molecular formula is C18H25NO3. The Balaban J connectivity index is 1.71. The number of rotatable bonds is 6. The molecule has 0 atom stereocenters. The van der Waals surface area contributed by atoms with Crippen LogP contribution >= 0.6 is 0 Å². The number of anilines is 1. The van der Waals surface area contributed by atoms with Gasteiger partial charge in [0.2, 0.25) is 0 Å². The third-order valence-electron chi connectivity index (χ3n) is 4.34. The monoisotopic (exact) mass is 303 g/mol. The smallest absolute Gasteiger partial charge is 0.306 e. The van der Waals surface area contributed by atoms with Crippen molar-refractivity contribution in [3.63, 3.8) is 0 Å². The second-order valence-electron chi connectivity index (χ2n) is 6.16. The van der Waals surface area contributed by atoms with Gasteiger partial charge in [-0.25, -0.2) is 0 Å². The molecule has 1 fully saturated rings. The van der Waals surface area contributed by atoms with Crippen LogP contribution in [0, 0.1) is 19.8 Å². The van der Waals surface area contributed by atoms with Gasteiger partial charge in [0.25, 0.3) is 5.91 Å². The molecule has 1 aromatic carbocycles. The van der Waals surface area contributed by atoms with Crippen LogP contribution in [0.5, 0.6) is 0 Å². The average molecular weight is 303 g/mol. The Morgan fingerprint density at radius 3 is 2.45 bits per heavy atom. The lowest BCUT2D eigenvalue weighted by Gasteiger charge is -2.12. The van der Waals surface area contributed by atoms with Gasteiger partial charge in [-0.05, 0) is 37.3 Å². The number of aryl methyl sites for hydroxylation is 2. The molecule has 1 amide bonds. The molecule has 1 aromatic rings. The van der Waals surface area contributed by atoms with E-state index in [1.807, 2.05) is 32.0 Å². The summed E-state index contributed by atoms with van der Waals surface area (Å²) in [7, 11) is 0.